The van der Waals surface area contributed by atoms with E-state index in [1.54, 1.807) is 18.2 Å². The molecule has 0 aromatic heterocycles. The molecule has 2 atom stereocenters. The summed E-state index contributed by atoms with van der Waals surface area (Å²) in [5.74, 6) is -0.0681. The van der Waals surface area contributed by atoms with Gasteiger partial charge in [-0.2, -0.15) is 0 Å². The van der Waals surface area contributed by atoms with Gasteiger partial charge in [-0.25, -0.2) is 0 Å². The van der Waals surface area contributed by atoms with E-state index in [-0.39, 0.29) is 6.42 Å². The number of ether oxygens (including phenoxy) is 1. The topological polar surface area (TPSA) is 92.8 Å². The molecule has 1 aromatic rings. The number of rotatable bonds is 5. The molecular formula is C12H17NO4. The highest BCUT2D eigenvalue weighted by Gasteiger charge is 2.21. The first kappa shape index (κ1) is 13.5. The number of benzene rings is 1. The molecule has 0 spiro atoms. The number of carbonyl (C=O) groups is 1. The maximum Gasteiger partial charge on any atom is 0.220 e. The van der Waals surface area contributed by atoms with Crippen LogP contribution in [0.1, 0.15) is 23.7 Å². The van der Waals surface area contributed by atoms with E-state index in [4.69, 9.17) is 10.5 Å². The number of primary amides is 1. The van der Waals surface area contributed by atoms with E-state index >= 15 is 0 Å². The lowest BCUT2D eigenvalue weighted by molar-refractivity contribution is -0.121. The Labute approximate surface area is 99.8 Å². The van der Waals surface area contributed by atoms with Crippen molar-refractivity contribution in [2.45, 2.75) is 25.6 Å². The lowest BCUT2D eigenvalue weighted by Crippen LogP contribution is -2.25. The summed E-state index contributed by atoms with van der Waals surface area (Å²) in [7, 11) is 1.52. The fourth-order valence-corrected chi connectivity index (χ4v) is 1.61. The maximum absolute atomic E-state index is 10.7. The van der Waals surface area contributed by atoms with Crippen LogP contribution in [0.4, 0.5) is 0 Å². The number of amides is 1. The summed E-state index contributed by atoms with van der Waals surface area (Å²) in [6.45, 7) is 1.85. The Bertz CT molecular complexity index is 405. The third-order valence-electron chi connectivity index (χ3n) is 2.43. The average Bonchev–Trinajstić information content (AvgIpc) is 2.26. The van der Waals surface area contributed by atoms with Crippen LogP contribution in [0.25, 0.3) is 0 Å². The SMILES string of the molecule is COc1cc(C)cc(C(O)C(O)CC(N)=O)c1. The van der Waals surface area contributed by atoms with Crippen LogP contribution >= 0.6 is 0 Å². The summed E-state index contributed by atoms with van der Waals surface area (Å²) in [6.07, 6.45) is -2.65. The number of aliphatic hydroxyl groups is 2. The monoisotopic (exact) mass is 239 g/mol. The highest BCUT2D eigenvalue weighted by atomic mass is 16.5. The van der Waals surface area contributed by atoms with E-state index in [9.17, 15) is 15.0 Å². The van der Waals surface area contributed by atoms with Gasteiger partial charge in [0.05, 0.1) is 19.6 Å². The van der Waals surface area contributed by atoms with Gasteiger partial charge in [-0.15, -0.1) is 0 Å². The smallest absolute Gasteiger partial charge is 0.220 e. The Morgan fingerprint density at radius 2 is 2.06 bits per heavy atom. The van der Waals surface area contributed by atoms with Crippen molar-refractivity contribution in [1.82, 2.24) is 0 Å². The average molecular weight is 239 g/mol. The van der Waals surface area contributed by atoms with Crippen LogP contribution in [-0.2, 0) is 4.79 Å². The summed E-state index contributed by atoms with van der Waals surface area (Å²) < 4.78 is 5.06. The molecule has 0 heterocycles. The van der Waals surface area contributed by atoms with Gasteiger partial charge in [0.15, 0.2) is 0 Å². The lowest BCUT2D eigenvalue weighted by atomic mass is 10.00. The van der Waals surface area contributed by atoms with Crippen molar-refractivity contribution in [1.29, 1.82) is 0 Å². The minimum atomic E-state index is -1.21. The lowest BCUT2D eigenvalue weighted by Gasteiger charge is -2.18. The maximum atomic E-state index is 10.7. The summed E-state index contributed by atoms with van der Waals surface area (Å²) in [4.78, 5) is 10.7. The van der Waals surface area contributed by atoms with E-state index in [2.05, 4.69) is 0 Å². The van der Waals surface area contributed by atoms with Crippen molar-refractivity contribution in [2.75, 3.05) is 7.11 Å². The molecule has 5 heteroatoms. The van der Waals surface area contributed by atoms with Crippen LogP contribution in [0, 0.1) is 6.92 Å². The molecule has 0 fully saturated rings. The number of aryl methyl sites for hydroxylation is 1. The van der Waals surface area contributed by atoms with Crippen LogP contribution in [-0.4, -0.2) is 29.3 Å². The Hall–Kier alpha value is -1.59. The van der Waals surface area contributed by atoms with Crippen molar-refractivity contribution in [2.24, 2.45) is 5.73 Å². The van der Waals surface area contributed by atoms with Crippen LogP contribution in [0.5, 0.6) is 5.75 Å². The highest BCUT2D eigenvalue weighted by Crippen LogP contribution is 2.24. The van der Waals surface area contributed by atoms with E-state index < -0.39 is 18.1 Å². The first-order chi connectivity index (χ1) is 7.93. The molecule has 0 aliphatic rings. The van der Waals surface area contributed by atoms with E-state index in [1.807, 2.05) is 6.92 Å². The van der Waals surface area contributed by atoms with Crippen molar-refractivity contribution in [3.63, 3.8) is 0 Å². The summed E-state index contributed by atoms with van der Waals surface area (Å²) in [6, 6.07) is 5.13. The van der Waals surface area contributed by atoms with Crippen LogP contribution in [0.3, 0.4) is 0 Å². The van der Waals surface area contributed by atoms with Crippen molar-refractivity contribution >= 4 is 5.91 Å². The number of aliphatic hydroxyl groups excluding tert-OH is 2. The van der Waals surface area contributed by atoms with Crippen molar-refractivity contribution < 1.29 is 19.7 Å². The second-order valence-corrected chi connectivity index (χ2v) is 3.97. The van der Waals surface area contributed by atoms with Gasteiger partial charge in [0.2, 0.25) is 5.91 Å². The molecular weight excluding hydrogens is 222 g/mol. The quantitative estimate of drug-likeness (QED) is 0.687. The molecule has 0 aliphatic carbocycles. The normalized spacial score (nSPS) is 14.1. The predicted octanol–water partition coefficient (Wildman–Crippen LogP) is 0.273. The molecule has 94 valence electrons. The summed E-state index contributed by atoms with van der Waals surface area (Å²) in [5, 5.41) is 19.5. The zero-order valence-electron chi connectivity index (χ0n) is 9.88. The van der Waals surface area contributed by atoms with Crippen LogP contribution in [0.15, 0.2) is 18.2 Å². The molecule has 0 radical (unpaired) electrons. The van der Waals surface area contributed by atoms with Gasteiger partial charge >= 0.3 is 0 Å². The number of nitrogens with two attached hydrogens (primary N) is 1. The minimum Gasteiger partial charge on any atom is -0.497 e. The zero-order chi connectivity index (χ0) is 13.0. The number of methoxy groups -OCH3 is 1. The van der Waals surface area contributed by atoms with E-state index in [1.165, 1.54) is 7.11 Å². The molecule has 2 unspecified atom stereocenters. The van der Waals surface area contributed by atoms with Gasteiger partial charge in [-0.05, 0) is 30.2 Å². The molecule has 1 amide bonds. The molecule has 0 saturated heterocycles. The van der Waals surface area contributed by atoms with E-state index in [0.717, 1.165) is 5.56 Å². The van der Waals surface area contributed by atoms with Gasteiger partial charge in [0, 0.05) is 0 Å². The third kappa shape index (κ3) is 3.72. The van der Waals surface area contributed by atoms with Gasteiger partial charge < -0.3 is 20.7 Å². The molecule has 4 N–H and O–H groups in total. The molecule has 0 bridgehead atoms. The molecule has 5 nitrogen and oxygen atoms in total. The summed E-state index contributed by atoms with van der Waals surface area (Å²) >= 11 is 0. The number of hydrogen-bond acceptors (Lipinski definition) is 4. The predicted molar refractivity (Wildman–Crippen MR) is 62.5 cm³/mol. The molecule has 0 aliphatic heterocycles. The fraction of sp³-hybridized carbons (Fsp3) is 0.417. The minimum absolute atomic E-state index is 0.280. The molecule has 0 saturated carbocycles. The first-order valence-electron chi connectivity index (χ1n) is 5.24. The van der Waals surface area contributed by atoms with E-state index in [0.29, 0.717) is 11.3 Å². The zero-order valence-corrected chi connectivity index (χ0v) is 9.88. The Balaban J connectivity index is 2.91. The fourth-order valence-electron chi connectivity index (χ4n) is 1.61. The highest BCUT2D eigenvalue weighted by molar-refractivity contribution is 5.74. The standard InChI is InChI=1S/C12H17NO4/c1-7-3-8(5-9(4-7)17-2)12(16)10(14)6-11(13)15/h3-5,10,12,14,16H,6H2,1-2H3,(H2,13,15). The largest absolute Gasteiger partial charge is 0.497 e. The van der Waals surface area contributed by atoms with Crippen LogP contribution in [0.2, 0.25) is 0 Å². The summed E-state index contributed by atoms with van der Waals surface area (Å²) in [5.41, 5.74) is 6.35. The van der Waals surface area contributed by atoms with Gasteiger partial charge in [-0.3, -0.25) is 4.79 Å². The second-order valence-electron chi connectivity index (χ2n) is 3.97. The van der Waals surface area contributed by atoms with Gasteiger partial charge in [0.1, 0.15) is 11.9 Å². The van der Waals surface area contributed by atoms with Crippen molar-refractivity contribution in [3.8, 4) is 5.75 Å². The molecule has 1 aromatic carbocycles. The molecule has 17 heavy (non-hydrogen) atoms. The Kier molecular flexibility index (Phi) is 4.48. The third-order valence-corrected chi connectivity index (χ3v) is 2.43. The van der Waals surface area contributed by atoms with Gasteiger partial charge in [-0.1, -0.05) is 6.07 Å². The Morgan fingerprint density at radius 1 is 1.41 bits per heavy atom. The second kappa shape index (κ2) is 5.65. The molecule has 1 rings (SSSR count). The first-order valence-corrected chi connectivity index (χ1v) is 5.24. The van der Waals surface area contributed by atoms with Gasteiger partial charge in [0.25, 0.3) is 0 Å². The number of hydrogen-bond donors (Lipinski definition) is 3. The number of carbonyl (C=O) groups excluding carboxylic acids is 1. The Morgan fingerprint density at radius 3 is 2.59 bits per heavy atom. The van der Waals surface area contributed by atoms with Crippen LogP contribution < -0.4 is 10.5 Å². The van der Waals surface area contributed by atoms with Crippen molar-refractivity contribution in [3.05, 3.63) is 29.3 Å².